The van der Waals surface area contributed by atoms with Crippen LogP contribution in [-0.2, 0) is 16.8 Å². The quantitative estimate of drug-likeness (QED) is 0.816. The van der Waals surface area contributed by atoms with Crippen molar-refractivity contribution >= 4 is 11.8 Å². The van der Waals surface area contributed by atoms with E-state index in [9.17, 15) is 9.59 Å². The highest BCUT2D eigenvalue weighted by molar-refractivity contribution is 5.93. The largest absolute Gasteiger partial charge is 0.349 e. The number of carbonyl (C=O) groups excluding carboxylic acids is 2. The summed E-state index contributed by atoms with van der Waals surface area (Å²) in [7, 11) is 0. The highest BCUT2D eigenvalue weighted by Gasteiger charge is 2.58. The fourth-order valence-electron chi connectivity index (χ4n) is 4.77. The Hall–Kier alpha value is -2.71. The highest BCUT2D eigenvalue weighted by Crippen LogP contribution is 2.50. The van der Waals surface area contributed by atoms with Crippen LogP contribution in [0.25, 0.3) is 0 Å². The van der Waals surface area contributed by atoms with E-state index in [2.05, 4.69) is 20.6 Å². The first-order chi connectivity index (χ1) is 13.8. The number of aromatic nitrogens is 4. The lowest BCUT2D eigenvalue weighted by atomic mass is 9.80. The molecule has 3 heterocycles. The monoisotopic (exact) mass is 400 g/mol. The van der Waals surface area contributed by atoms with E-state index in [1.165, 1.54) is 0 Å². The van der Waals surface area contributed by atoms with Crippen molar-refractivity contribution in [3.63, 3.8) is 0 Å². The van der Waals surface area contributed by atoms with Crippen LogP contribution in [-0.4, -0.2) is 55.8 Å². The third-order valence-corrected chi connectivity index (χ3v) is 6.19. The Bertz CT molecular complexity index is 919. The first kappa shape index (κ1) is 19.6. The van der Waals surface area contributed by atoms with Crippen LogP contribution >= 0.6 is 0 Å². The average Bonchev–Trinajstić information content (AvgIpc) is 3.42. The van der Waals surface area contributed by atoms with Crippen LogP contribution in [0.5, 0.6) is 0 Å². The highest BCUT2D eigenvalue weighted by atomic mass is 16.5. The normalized spacial score (nSPS) is 26.2. The number of carbonyl (C=O) groups is 2. The van der Waals surface area contributed by atoms with Crippen LogP contribution in [0.15, 0.2) is 16.9 Å². The molecule has 1 N–H and O–H groups in total. The number of likely N-dealkylation sites (tertiary alicyclic amines) is 1. The lowest BCUT2D eigenvalue weighted by molar-refractivity contribution is -0.133. The number of nitrogens with one attached hydrogen (secondary N) is 1. The van der Waals surface area contributed by atoms with Gasteiger partial charge in [-0.3, -0.25) is 14.3 Å². The first-order valence-electron chi connectivity index (χ1n) is 10.2. The molecule has 0 aromatic carbocycles. The van der Waals surface area contributed by atoms with Gasteiger partial charge in [-0.1, -0.05) is 19.0 Å². The van der Waals surface area contributed by atoms with Gasteiger partial charge in [0.1, 0.15) is 0 Å². The zero-order valence-electron chi connectivity index (χ0n) is 17.4. The molecule has 9 heteroatoms. The molecule has 2 amide bonds. The van der Waals surface area contributed by atoms with Gasteiger partial charge in [0.15, 0.2) is 5.82 Å². The number of amides is 2. The first-order valence-corrected chi connectivity index (χ1v) is 10.2. The molecule has 2 fully saturated rings. The maximum Gasteiger partial charge on any atom is 0.254 e. The van der Waals surface area contributed by atoms with E-state index in [0.717, 1.165) is 13.0 Å². The summed E-state index contributed by atoms with van der Waals surface area (Å²) in [5, 5.41) is 11.3. The standard InChI is InChI=1S/C20H28N6O3/c1-5-26-9-14(8-21-26)17(27)23-16-6-15-10-25(18(28)12(2)3)11-20(15,7-16)19-22-13(4)24-29-19/h8-9,12,15-16H,5-7,10-11H2,1-4H3,(H,23,27)/t15-,16+,20-/m0/s1. The zero-order chi connectivity index (χ0) is 20.8. The summed E-state index contributed by atoms with van der Waals surface area (Å²) in [5.41, 5.74) is 0.153. The van der Waals surface area contributed by atoms with Gasteiger partial charge >= 0.3 is 0 Å². The third kappa shape index (κ3) is 3.42. The van der Waals surface area contributed by atoms with Crippen molar-refractivity contribution in [1.82, 2.24) is 30.1 Å². The fraction of sp³-hybridized carbons (Fsp3) is 0.650. The Balaban J connectivity index is 1.54. The minimum absolute atomic E-state index is 0.0130. The van der Waals surface area contributed by atoms with E-state index in [0.29, 0.717) is 36.8 Å². The van der Waals surface area contributed by atoms with Crippen LogP contribution < -0.4 is 5.32 Å². The topological polar surface area (TPSA) is 106 Å². The molecule has 156 valence electrons. The summed E-state index contributed by atoms with van der Waals surface area (Å²) >= 11 is 0. The maximum absolute atomic E-state index is 12.7. The molecule has 29 heavy (non-hydrogen) atoms. The van der Waals surface area contributed by atoms with E-state index in [1.807, 2.05) is 25.7 Å². The number of nitrogens with zero attached hydrogens (tertiary/aromatic N) is 5. The van der Waals surface area contributed by atoms with Gasteiger partial charge in [0, 0.05) is 37.8 Å². The van der Waals surface area contributed by atoms with Crippen LogP contribution in [0.2, 0.25) is 0 Å². The maximum atomic E-state index is 12.7. The lowest BCUT2D eigenvalue weighted by Crippen LogP contribution is -2.40. The fourth-order valence-corrected chi connectivity index (χ4v) is 4.77. The Morgan fingerprint density at radius 1 is 1.41 bits per heavy atom. The van der Waals surface area contributed by atoms with E-state index >= 15 is 0 Å². The van der Waals surface area contributed by atoms with Crippen molar-refractivity contribution in [3.8, 4) is 0 Å². The van der Waals surface area contributed by atoms with E-state index in [1.54, 1.807) is 24.0 Å². The second kappa shape index (κ2) is 7.27. The summed E-state index contributed by atoms with van der Waals surface area (Å²) < 4.78 is 7.30. The van der Waals surface area contributed by atoms with Crippen molar-refractivity contribution in [2.75, 3.05) is 13.1 Å². The Labute approximate surface area is 169 Å². The predicted octanol–water partition coefficient (Wildman–Crippen LogP) is 1.54. The van der Waals surface area contributed by atoms with E-state index in [-0.39, 0.29) is 29.7 Å². The number of rotatable bonds is 5. The minimum Gasteiger partial charge on any atom is -0.349 e. The van der Waals surface area contributed by atoms with Gasteiger partial charge in [0.05, 0.1) is 17.2 Å². The van der Waals surface area contributed by atoms with Gasteiger partial charge in [-0.2, -0.15) is 10.1 Å². The molecule has 1 saturated carbocycles. The molecule has 0 bridgehead atoms. The molecule has 2 aliphatic rings. The predicted molar refractivity (Wildman–Crippen MR) is 104 cm³/mol. The zero-order valence-corrected chi connectivity index (χ0v) is 17.4. The molecule has 4 rings (SSSR count). The number of hydrogen-bond donors (Lipinski definition) is 1. The van der Waals surface area contributed by atoms with Gasteiger partial charge in [-0.25, -0.2) is 0 Å². The third-order valence-electron chi connectivity index (χ3n) is 6.19. The van der Waals surface area contributed by atoms with Crippen molar-refractivity contribution in [3.05, 3.63) is 29.7 Å². The molecule has 0 radical (unpaired) electrons. The average molecular weight is 400 g/mol. The molecule has 1 aliphatic heterocycles. The summed E-state index contributed by atoms with van der Waals surface area (Å²) in [4.78, 5) is 31.7. The van der Waals surface area contributed by atoms with E-state index in [4.69, 9.17) is 4.52 Å². The SMILES string of the molecule is CCn1cc(C(=O)N[C@@H]2C[C@H]3CN(C(=O)C(C)C)C[C@@]3(c3nc(C)no3)C2)cn1. The number of fused-ring (bicyclic) bond motifs is 1. The van der Waals surface area contributed by atoms with Gasteiger partial charge in [0.25, 0.3) is 5.91 Å². The molecule has 0 unspecified atom stereocenters. The van der Waals surface area contributed by atoms with Crippen LogP contribution in [0.1, 0.15) is 55.7 Å². The van der Waals surface area contributed by atoms with Crippen LogP contribution in [0.4, 0.5) is 0 Å². The molecular formula is C20H28N6O3. The van der Waals surface area contributed by atoms with Crippen LogP contribution in [0, 0.1) is 18.8 Å². The lowest BCUT2D eigenvalue weighted by Gasteiger charge is -2.26. The Kier molecular flexibility index (Phi) is 4.92. The van der Waals surface area contributed by atoms with Gasteiger partial charge in [-0.15, -0.1) is 0 Å². The summed E-state index contributed by atoms with van der Waals surface area (Å²) in [6.45, 7) is 9.53. The van der Waals surface area contributed by atoms with Crippen molar-refractivity contribution in [2.45, 2.75) is 58.5 Å². The van der Waals surface area contributed by atoms with Gasteiger partial charge < -0.3 is 14.7 Å². The van der Waals surface area contributed by atoms with Crippen LogP contribution in [0.3, 0.4) is 0 Å². The summed E-state index contributed by atoms with van der Waals surface area (Å²) in [5.74, 6) is 1.30. The second-order valence-corrected chi connectivity index (χ2v) is 8.57. The number of aryl methyl sites for hydroxylation is 2. The van der Waals surface area contributed by atoms with Gasteiger partial charge in [-0.05, 0) is 32.6 Å². The van der Waals surface area contributed by atoms with Crippen molar-refractivity contribution in [1.29, 1.82) is 0 Å². The molecule has 1 saturated heterocycles. The van der Waals surface area contributed by atoms with Crippen molar-refractivity contribution in [2.24, 2.45) is 11.8 Å². The molecule has 1 aliphatic carbocycles. The van der Waals surface area contributed by atoms with Gasteiger partial charge in [0.2, 0.25) is 11.8 Å². The smallest absolute Gasteiger partial charge is 0.254 e. The second-order valence-electron chi connectivity index (χ2n) is 8.57. The Morgan fingerprint density at radius 2 is 2.21 bits per heavy atom. The molecular weight excluding hydrogens is 372 g/mol. The summed E-state index contributed by atoms with van der Waals surface area (Å²) in [6, 6.07) is -0.0130. The number of hydrogen-bond acceptors (Lipinski definition) is 6. The molecule has 0 spiro atoms. The van der Waals surface area contributed by atoms with Crippen molar-refractivity contribution < 1.29 is 14.1 Å². The summed E-state index contributed by atoms with van der Waals surface area (Å²) in [6.07, 6.45) is 4.80. The minimum atomic E-state index is -0.405. The molecule has 2 aromatic heterocycles. The molecule has 2 aromatic rings. The molecule has 3 atom stereocenters. The Morgan fingerprint density at radius 3 is 2.83 bits per heavy atom. The molecule has 9 nitrogen and oxygen atoms in total. The van der Waals surface area contributed by atoms with E-state index < -0.39 is 5.41 Å².